The summed E-state index contributed by atoms with van der Waals surface area (Å²) in [5, 5.41) is 18.2. The summed E-state index contributed by atoms with van der Waals surface area (Å²) in [6.07, 6.45) is 16.6. The van der Waals surface area contributed by atoms with Crippen LogP contribution < -0.4 is 0 Å². The lowest BCUT2D eigenvalue weighted by atomic mass is 9.89. The van der Waals surface area contributed by atoms with E-state index in [1.807, 2.05) is 6.92 Å². The molecule has 1 fully saturated rings. The van der Waals surface area contributed by atoms with Gasteiger partial charge in [0.05, 0.1) is 6.10 Å². The van der Waals surface area contributed by atoms with Gasteiger partial charge in [0.25, 0.3) is 0 Å². The number of aliphatic hydroxyl groups is 1. The maximum absolute atomic E-state index is 10.5. The number of hydrogen-bond acceptors (Lipinski definition) is 2. The van der Waals surface area contributed by atoms with Crippen molar-refractivity contribution >= 4 is 17.6 Å². The monoisotopic (exact) mass is 358 g/mol. The molecular weight excluding hydrogens is 324 g/mol. The van der Waals surface area contributed by atoms with Crippen LogP contribution in [0.15, 0.2) is 12.2 Å². The summed E-state index contributed by atoms with van der Waals surface area (Å²) in [5.41, 5.74) is 0. The van der Waals surface area contributed by atoms with E-state index in [-0.39, 0.29) is 6.10 Å². The smallest absolute Gasteiger partial charge is 0.303 e. The number of carboxylic acid groups (broad SMARTS) is 1. The molecule has 0 bridgehead atoms. The topological polar surface area (TPSA) is 57.5 Å². The fourth-order valence-corrected chi connectivity index (χ4v) is 4.10. The molecule has 140 valence electrons. The number of alkyl halides is 1. The fourth-order valence-electron chi connectivity index (χ4n) is 3.66. The van der Waals surface area contributed by atoms with E-state index in [2.05, 4.69) is 12.2 Å². The molecule has 0 amide bonds. The van der Waals surface area contributed by atoms with Crippen molar-refractivity contribution in [1.29, 1.82) is 0 Å². The van der Waals surface area contributed by atoms with E-state index < -0.39 is 5.97 Å². The van der Waals surface area contributed by atoms with E-state index in [0.29, 0.717) is 23.6 Å². The molecular formula is C20H35ClO3. The van der Waals surface area contributed by atoms with Crippen LogP contribution in [0.3, 0.4) is 0 Å². The number of carbonyl (C=O) groups is 1. The Labute approximate surface area is 152 Å². The third-order valence-electron chi connectivity index (χ3n) is 5.09. The zero-order valence-electron chi connectivity index (χ0n) is 15.1. The van der Waals surface area contributed by atoms with Crippen molar-refractivity contribution in [3.05, 3.63) is 12.2 Å². The lowest BCUT2D eigenvalue weighted by molar-refractivity contribution is -0.137. The van der Waals surface area contributed by atoms with E-state index in [9.17, 15) is 9.90 Å². The second-order valence-corrected chi connectivity index (χ2v) is 7.89. The average Bonchev–Trinajstić information content (AvgIpc) is 2.86. The standard InChI is InChI=1S/C20H35ClO3/c1-16(22)10-6-2-3-7-11-17-14-15-19(21)18(17)12-8-4-5-9-13-20(23)24/h7,11,16-19,22H,2-6,8-10,12-15H2,1H3,(H,23,24)/b11-7+/t16-,17+,18-,19?/m1/s1. The molecule has 4 heteroatoms. The molecule has 0 aromatic carbocycles. The van der Waals surface area contributed by atoms with Crippen molar-refractivity contribution in [2.75, 3.05) is 0 Å². The van der Waals surface area contributed by atoms with Gasteiger partial charge < -0.3 is 10.2 Å². The Morgan fingerprint density at radius 3 is 2.62 bits per heavy atom. The molecule has 1 aliphatic carbocycles. The molecule has 1 saturated carbocycles. The normalized spacial score (nSPS) is 25.4. The van der Waals surface area contributed by atoms with E-state index in [1.165, 1.54) is 6.42 Å². The van der Waals surface area contributed by atoms with Gasteiger partial charge in [-0.2, -0.15) is 0 Å². The molecule has 0 spiro atoms. The van der Waals surface area contributed by atoms with Crippen molar-refractivity contribution in [3.63, 3.8) is 0 Å². The van der Waals surface area contributed by atoms with Crippen LogP contribution in [0.5, 0.6) is 0 Å². The van der Waals surface area contributed by atoms with Crippen molar-refractivity contribution in [1.82, 2.24) is 0 Å². The van der Waals surface area contributed by atoms with Gasteiger partial charge in [0.1, 0.15) is 0 Å². The number of hydrogen-bond donors (Lipinski definition) is 2. The Balaban J connectivity index is 2.18. The van der Waals surface area contributed by atoms with Crippen molar-refractivity contribution < 1.29 is 15.0 Å². The lowest BCUT2D eigenvalue weighted by Crippen LogP contribution is -2.13. The molecule has 2 N–H and O–H groups in total. The van der Waals surface area contributed by atoms with Gasteiger partial charge in [0, 0.05) is 11.8 Å². The molecule has 0 aliphatic heterocycles. The Morgan fingerprint density at radius 1 is 1.17 bits per heavy atom. The SMILES string of the molecule is C[C@@H](O)CCCC/C=C/[C@H]1CCC(Cl)[C@@H]1CCCCCCC(=O)O. The van der Waals surface area contributed by atoms with E-state index in [1.54, 1.807) is 0 Å². The molecule has 1 rings (SSSR count). The zero-order chi connectivity index (χ0) is 17.8. The Hall–Kier alpha value is -0.540. The fraction of sp³-hybridized carbons (Fsp3) is 0.850. The van der Waals surface area contributed by atoms with Crippen LogP contribution >= 0.6 is 11.6 Å². The van der Waals surface area contributed by atoms with Gasteiger partial charge in [-0.05, 0) is 63.7 Å². The first-order valence-electron chi connectivity index (χ1n) is 9.71. The second kappa shape index (κ2) is 12.8. The van der Waals surface area contributed by atoms with E-state index in [0.717, 1.165) is 64.2 Å². The summed E-state index contributed by atoms with van der Waals surface area (Å²) in [7, 11) is 0. The second-order valence-electron chi connectivity index (χ2n) is 7.33. The maximum Gasteiger partial charge on any atom is 0.303 e. The number of allylic oxidation sites excluding steroid dienone is 2. The Morgan fingerprint density at radius 2 is 1.92 bits per heavy atom. The van der Waals surface area contributed by atoms with Gasteiger partial charge in [0.15, 0.2) is 0 Å². The van der Waals surface area contributed by atoms with Crippen molar-refractivity contribution in [2.24, 2.45) is 11.8 Å². The molecule has 24 heavy (non-hydrogen) atoms. The maximum atomic E-state index is 10.5. The molecule has 4 atom stereocenters. The van der Waals surface area contributed by atoms with Gasteiger partial charge in [-0.1, -0.05) is 37.8 Å². The molecule has 3 nitrogen and oxygen atoms in total. The minimum Gasteiger partial charge on any atom is -0.481 e. The van der Waals surface area contributed by atoms with Gasteiger partial charge in [-0.15, -0.1) is 11.6 Å². The third kappa shape index (κ3) is 9.68. The van der Waals surface area contributed by atoms with Crippen LogP contribution in [0.2, 0.25) is 0 Å². The molecule has 0 aromatic rings. The van der Waals surface area contributed by atoms with E-state index >= 15 is 0 Å². The predicted molar refractivity (Wildman–Crippen MR) is 100 cm³/mol. The summed E-state index contributed by atoms with van der Waals surface area (Å²) in [6, 6.07) is 0. The van der Waals surface area contributed by atoms with Crippen LogP contribution in [-0.4, -0.2) is 27.7 Å². The first-order valence-corrected chi connectivity index (χ1v) is 10.1. The largest absolute Gasteiger partial charge is 0.481 e. The van der Waals surface area contributed by atoms with Crippen LogP contribution in [0.25, 0.3) is 0 Å². The van der Waals surface area contributed by atoms with Gasteiger partial charge in [-0.3, -0.25) is 4.79 Å². The first-order chi connectivity index (χ1) is 11.5. The number of carboxylic acids is 1. The minimum atomic E-state index is -0.690. The number of rotatable bonds is 13. The van der Waals surface area contributed by atoms with Crippen LogP contribution in [0, 0.1) is 11.8 Å². The average molecular weight is 359 g/mol. The summed E-state index contributed by atoms with van der Waals surface area (Å²) in [4.78, 5) is 10.5. The summed E-state index contributed by atoms with van der Waals surface area (Å²) < 4.78 is 0. The Bertz CT molecular complexity index is 368. The van der Waals surface area contributed by atoms with E-state index in [4.69, 9.17) is 16.7 Å². The first kappa shape index (κ1) is 21.5. The highest BCUT2D eigenvalue weighted by Crippen LogP contribution is 2.40. The highest BCUT2D eigenvalue weighted by Gasteiger charge is 2.32. The molecule has 1 aliphatic rings. The van der Waals surface area contributed by atoms with Crippen molar-refractivity contribution in [2.45, 2.75) is 95.5 Å². The minimum absolute atomic E-state index is 0.180. The summed E-state index contributed by atoms with van der Waals surface area (Å²) in [5.74, 6) is 0.508. The summed E-state index contributed by atoms with van der Waals surface area (Å²) >= 11 is 6.51. The number of aliphatic hydroxyl groups excluding tert-OH is 1. The quantitative estimate of drug-likeness (QED) is 0.258. The molecule has 0 heterocycles. The number of aliphatic carboxylic acids is 1. The third-order valence-corrected chi connectivity index (χ3v) is 5.64. The van der Waals surface area contributed by atoms with Crippen molar-refractivity contribution in [3.8, 4) is 0 Å². The predicted octanol–water partition coefficient (Wildman–Crippen LogP) is 5.54. The van der Waals surface area contributed by atoms with Gasteiger partial charge >= 0.3 is 5.97 Å². The summed E-state index contributed by atoms with van der Waals surface area (Å²) in [6.45, 7) is 1.85. The molecule has 0 saturated heterocycles. The molecule has 0 radical (unpaired) electrons. The van der Waals surface area contributed by atoms with Crippen LogP contribution in [0.4, 0.5) is 0 Å². The Kier molecular flexibility index (Phi) is 11.4. The van der Waals surface area contributed by atoms with Crippen LogP contribution in [0.1, 0.15) is 84.0 Å². The number of halogens is 1. The molecule has 0 aromatic heterocycles. The van der Waals surface area contributed by atoms with Crippen LogP contribution in [-0.2, 0) is 4.79 Å². The van der Waals surface area contributed by atoms with Gasteiger partial charge in [0.2, 0.25) is 0 Å². The zero-order valence-corrected chi connectivity index (χ0v) is 15.9. The molecule has 1 unspecified atom stereocenters. The highest BCUT2D eigenvalue weighted by atomic mass is 35.5. The van der Waals surface area contributed by atoms with Gasteiger partial charge in [-0.25, -0.2) is 0 Å². The highest BCUT2D eigenvalue weighted by molar-refractivity contribution is 6.21. The lowest BCUT2D eigenvalue weighted by Gasteiger charge is -2.19. The number of unbranched alkanes of at least 4 members (excludes halogenated alkanes) is 5.